The van der Waals surface area contributed by atoms with Gasteiger partial charge in [0.2, 0.25) is 0 Å². The van der Waals surface area contributed by atoms with Crippen LogP contribution in [-0.2, 0) is 4.79 Å². The molecule has 2 rings (SSSR count). The Kier molecular flexibility index (Phi) is 6.01. The fourth-order valence-corrected chi connectivity index (χ4v) is 1.92. The van der Waals surface area contributed by atoms with E-state index in [0.717, 1.165) is 12.3 Å². The maximum atomic E-state index is 13.4. The lowest BCUT2D eigenvalue weighted by Crippen LogP contribution is -2.24. The molecule has 2 aromatic carbocycles. The number of hydrazone groups is 1. The molecule has 0 aromatic heterocycles. The number of hydrogen-bond donors (Lipinski definition) is 1. The SMILES string of the molecule is CC(C)c1ccc(OCC(=O)NN=Cc2cccc(F)c2F)cc1. The number of hydrogen-bond acceptors (Lipinski definition) is 3. The first-order valence-electron chi connectivity index (χ1n) is 7.46. The van der Waals surface area contributed by atoms with E-state index in [2.05, 4.69) is 24.4 Å². The van der Waals surface area contributed by atoms with E-state index in [1.54, 1.807) is 12.1 Å². The minimum Gasteiger partial charge on any atom is -0.484 e. The Hall–Kier alpha value is -2.76. The van der Waals surface area contributed by atoms with Crippen molar-refractivity contribution in [1.82, 2.24) is 5.43 Å². The first-order chi connectivity index (χ1) is 11.5. The summed E-state index contributed by atoms with van der Waals surface area (Å²) >= 11 is 0. The summed E-state index contributed by atoms with van der Waals surface area (Å²) in [5, 5.41) is 3.58. The zero-order valence-electron chi connectivity index (χ0n) is 13.4. The predicted molar refractivity (Wildman–Crippen MR) is 88.1 cm³/mol. The number of amides is 1. The van der Waals surface area contributed by atoms with Crippen molar-refractivity contribution in [2.75, 3.05) is 6.61 Å². The van der Waals surface area contributed by atoms with Crippen molar-refractivity contribution in [3.8, 4) is 5.75 Å². The molecule has 0 unspecified atom stereocenters. The third-order valence-corrected chi connectivity index (χ3v) is 3.29. The van der Waals surface area contributed by atoms with Gasteiger partial charge in [-0.2, -0.15) is 5.10 Å². The second-order valence-corrected chi connectivity index (χ2v) is 5.45. The molecule has 0 aliphatic rings. The van der Waals surface area contributed by atoms with Gasteiger partial charge in [0.25, 0.3) is 5.91 Å². The molecule has 0 radical (unpaired) electrons. The Morgan fingerprint density at radius 1 is 1.21 bits per heavy atom. The number of carbonyl (C=O) groups is 1. The molecular weight excluding hydrogens is 314 g/mol. The van der Waals surface area contributed by atoms with Crippen molar-refractivity contribution in [2.24, 2.45) is 5.10 Å². The number of benzene rings is 2. The maximum Gasteiger partial charge on any atom is 0.277 e. The van der Waals surface area contributed by atoms with Gasteiger partial charge in [-0.25, -0.2) is 14.2 Å². The Morgan fingerprint density at radius 2 is 1.92 bits per heavy atom. The average Bonchev–Trinajstić information content (AvgIpc) is 2.57. The second-order valence-electron chi connectivity index (χ2n) is 5.45. The Morgan fingerprint density at radius 3 is 2.58 bits per heavy atom. The Bertz CT molecular complexity index is 728. The number of ether oxygens (including phenoxy) is 1. The minimum atomic E-state index is -1.02. The summed E-state index contributed by atoms with van der Waals surface area (Å²) in [7, 11) is 0. The number of rotatable bonds is 6. The van der Waals surface area contributed by atoms with Crippen molar-refractivity contribution in [3.63, 3.8) is 0 Å². The maximum absolute atomic E-state index is 13.4. The number of halogens is 2. The Labute approximate surface area is 139 Å². The first kappa shape index (κ1) is 17.6. The van der Waals surface area contributed by atoms with Crippen LogP contribution in [0, 0.1) is 11.6 Å². The third-order valence-electron chi connectivity index (χ3n) is 3.29. The lowest BCUT2D eigenvalue weighted by Gasteiger charge is -2.08. The van der Waals surface area contributed by atoms with Gasteiger partial charge in [0.1, 0.15) is 5.75 Å². The number of carbonyl (C=O) groups excluding carboxylic acids is 1. The smallest absolute Gasteiger partial charge is 0.277 e. The monoisotopic (exact) mass is 332 g/mol. The third kappa shape index (κ3) is 4.87. The summed E-state index contributed by atoms with van der Waals surface area (Å²) < 4.78 is 31.7. The molecule has 6 heteroatoms. The first-order valence-corrected chi connectivity index (χ1v) is 7.46. The van der Waals surface area contributed by atoms with Gasteiger partial charge in [0.15, 0.2) is 18.2 Å². The highest BCUT2D eigenvalue weighted by Gasteiger charge is 2.06. The highest BCUT2D eigenvalue weighted by molar-refractivity contribution is 5.83. The fraction of sp³-hybridized carbons (Fsp3) is 0.222. The Balaban J connectivity index is 1.83. The molecule has 0 aliphatic carbocycles. The van der Waals surface area contributed by atoms with Gasteiger partial charge in [-0.15, -0.1) is 0 Å². The summed E-state index contributed by atoms with van der Waals surface area (Å²) in [6.45, 7) is 3.94. The standard InChI is InChI=1S/C18H18F2N2O2/c1-12(2)13-6-8-15(9-7-13)24-11-17(23)22-21-10-14-4-3-5-16(19)18(14)20/h3-10,12H,11H2,1-2H3,(H,22,23). The van der Waals surface area contributed by atoms with Crippen LogP contribution in [0.5, 0.6) is 5.75 Å². The fourth-order valence-electron chi connectivity index (χ4n) is 1.92. The van der Waals surface area contributed by atoms with Crippen molar-refractivity contribution in [2.45, 2.75) is 19.8 Å². The predicted octanol–water partition coefficient (Wildman–Crippen LogP) is 3.62. The number of nitrogens with zero attached hydrogens (tertiary/aromatic N) is 1. The average molecular weight is 332 g/mol. The lowest BCUT2D eigenvalue weighted by atomic mass is 10.0. The van der Waals surface area contributed by atoms with E-state index >= 15 is 0 Å². The second kappa shape index (κ2) is 8.19. The van der Waals surface area contributed by atoms with Crippen LogP contribution in [0.1, 0.15) is 30.9 Å². The van der Waals surface area contributed by atoms with E-state index in [1.165, 1.54) is 17.7 Å². The topological polar surface area (TPSA) is 50.7 Å². The van der Waals surface area contributed by atoms with E-state index in [1.807, 2.05) is 12.1 Å². The molecular formula is C18H18F2N2O2. The van der Waals surface area contributed by atoms with E-state index in [4.69, 9.17) is 4.74 Å². The summed E-state index contributed by atoms with van der Waals surface area (Å²) in [4.78, 5) is 11.6. The molecule has 0 bridgehead atoms. The largest absolute Gasteiger partial charge is 0.484 e. The molecule has 4 nitrogen and oxygen atoms in total. The molecule has 0 saturated heterocycles. The molecule has 126 valence electrons. The summed E-state index contributed by atoms with van der Waals surface area (Å²) in [5.41, 5.74) is 3.31. The van der Waals surface area contributed by atoms with E-state index in [0.29, 0.717) is 11.7 Å². The van der Waals surface area contributed by atoms with E-state index in [9.17, 15) is 13.6 Å². The van der Waals surface area contributed by atoms with Crippen LogP contribution in [0.15, 0.2) is 47.6 Å². The summed E-state index contributed by atoms with van der Waals surface area (Å²) in [6, 6.07) is 11.1. The highest BCUT2D eigenvalue weighted by atomic mass is 19.2. The van der Waals surface area contributed by atoms with Gasteiger partial charge in [-0.05, 0) is 29.7 Å². The van der Waals surface area contributed by atoms with Crippen LogP contribution in [0.3, 0.4) is 0 Å². The van der Waals surface area contributed by atoms with Crippen LogP contribution in [-0.4, -0.2) is 18.7 Å². The molecule has 1 N–H and O–H groups in total. The quantitative estimate of drug-likeness (QED) is 0.649. The van der Waals surface area contributed by atoms with Crippen LogP contribution in [0.25, 0.3) is 0 Å². The summed E-state index contributed by atoms with van der Waals surface area (Å²) in [5.74, 6) is -1.51. The van der Waals surface area contributed by atoms with Crippen LogP contribution < -0.4 is 10.2 Å². The van der Waals surface area contributed by atoms with Crippen LogP contribution >= 0.6 is 0 Å². The lowest BCUT2D eigenvalue weighted by molar-refractivity contribution is -0.123. The minimum absolute atomic E-state index is 0.0551. The van der Waals surface area contributed by atoms with Crippen molar-refractivity contribution < 1.29 is 18.3 Å². The van der Waals surface area contributed by atoms with Gasteiger partial charge >= 0.3 is 0 Å². The number of nitrogens with one attached hydrogen (secondary N) is 1. The van der Waals surface area contributed by atoms with Gasteiger partial charge < -0.3 is 4.74 Å². The van der Waals surface area contributed by atoms with Gasteiger partial charge in [0, 0.05) is 5.56 Å². The normalized spacial score (nSPS) is 11.0. The molecule has 2 aromatic rings. The van der Waals surface area contributed by atoms with Crippen molar-refractivity contribution in [3.05, 3.63) is 65.2 Å². The zero-order chi connectivity index (χ0) is 17.5. The highest BCUT2D eigenvalue weighted by Crippen LogP contribution is 2.18. The zero-order valence-corrected chi connectivity index (χ0v) is 13.4. The van der Waals surface area contributed by atoms with Gasteiger partial charge in [-0.3, -0.25) is 4.79 Å². The molecule has 0 saturated carbocycles. The van der Waals surface area contributed by atoms with Crippen LogP contribution in [0.4, 0.5) is 8.78 Å². The molecule has 0 spiro atoms. The van der Waals surface area contributed by atoms with Crippen LogP contribution in [0.2, 0.25) is 0 Å². The van der Waals surface area contributed by atoms with Crippen molar-refractivity contribution in [1.29, 1.82) is 0 Å². The van der Waals surface area contributed by atoms with Crippen molar-refractivity contribution >= 4 is 12.1 Å². The van der Waals surface area contributed by atoms with Gasteiger partial charge in [0.05, 0.1) is 6.21 Å². The van der Waals surface area contributed by atoms with E-state index < -0.39 is 17.5 Å². The van der Waals surface area contributed by atoms with E-state index in [-0.39, 0.29) is 12.2 Å². The summed E-state index contributed by atoms with van der Waals surface area (Å²) in [6.07, 6.45) is 1.04. The molecule has 1 amide bonds. The van der Waals surface area contributed by atoms with Gasteiger partial charge in [-0.1, -0.05) is 38.1 Å². The molecule has 24 heavy (non-hydrogen) atoms. The molecule has 0 atom stereocenters. The molecule has 0 aliphatic heterocycles. The molecule has 0 heterocycles. The molecule has 0 fully saturated rings.